The van der Waals surface area contributed by atoms with Crippen LogP contribution in [0, 0.1) is 40.5 Å². The van der Waals surface area contributed by atoms with Crippen LogP contribution in [0.1, 0.15) is 47.6 Å². The van der Waals surface area contributed by atoms with E-state index in [0.717, 1.165) is 47.3 Å². The molecule has 1 amide bonds. The smallest absolute Gasteiger partial charge is 0.241 e. The Kier molecular flexibility index (Phi) is 8.93. The summed E-state index contributed by atoms with van der Waals surface area (Å²) in [6, 6.07) is 0.106. The summed E-state index contributed by atoms with van der Waals surface area (Å²) in [7, 11) is -3.67. The zero-order chi connectivity index (χ0) is 20.4. The van der Waals surface area contributed by atoms with E-state index < -0.39 is 10.0 Å². The number of carbonyl (C=O) groups is 1. The third kappa shape index (κ3) is 5.47. The number of amides is 1. The predicted molar refractivity (Wildman–Crippen MR) is 116 cm³/mol. The van der Waals surface area contributed by atoms with Crippen LogP contribution in [0.3, 0.4) is 0 Å². The van der Waals surface area contributed by atoms with Crippen molar-refractivity contribution in [2.75, 3.05) is 19.6 Å². The lowest BCUT2D eigenvalue weighted by Gasteiger charge is -2.30. The molecule has 1 aliphatic heterocycles. The molecule has 0 radical (unpaired) electrons. The van der Waals surface area contributed by atoms with Crippen molar-refractivity contribution in [2.45, 2.75) is 65.3 Å². The molecular formula is C20H34ClN3O3S. The molecule has 1 saturated heterocycles. The molecule has 3 N–H and O–H groups in total. The van der Waals surface area contributed by atoms with Gasteiger partial charge >= 0.3 is 0 Å². The highest BCUT2D eigenvalue weighted by molar-refractivity contribution is 7.89. The SMILES string of the molecule is Cc1c(C)c(C)c(S(=O)(=O)NCCC(=O)NC2CNCCC2C)c(C)c1C.Cl. The number of nitrogens with one attached hydrogen (secondary N) is 3. The molecule has 160 valence electrons. The molecule has 1 aliphatic rings. The zero-order valence-electron chi connectivity index (χ0n) is 17.7. The van der Waals surface area contributed by atoms with Crippen LogP contribution in [0.2, 0.25) is 0 Å². The third-order valence-corrected chi connectivity index (χ3v) is 7.75. The number of sulfonamides is 1. The van der Waals surface area contributed by atoms with Gasteiger partial charge in [-0.1, -0.05) is 6.92 Å². The van der Waals surface area contributed by atoms with Gasteiger partial charge in [0.15, 0.2) is 0 Å². The summed E-state index contributed by atoms with van der Waals surface area (Å²) in [5.74, 6) is 0.304. The molecule has 0 aliphatic carbocycles. The maximum atomic E-state index is 12.9. The minimum absolute atomic E-state index is 0. The third-order valence-electron chi connectivity index (χ3n) is 6.02. The zero-order valence-corrected chi connectivity index (χ0v) is 19.4. The van der Waals surface area contributed by atoms with Gasteiger partial charge in [0.1, 0.15) is 0 Å². The fourth-order valence-corrected chi connectivity index (χ4v) is 5.33. The van der Waals surface area contributed by atoms with Crippen LogP contribution in [0.5, 0.6) is 0 Å². The summed E-state index contributed by atoms with van der Waals surface area (Å²) >= 11 is 0. The van der Waals surface area contributed by atoms with Gasteiger partial charge in [0, 0.05) is 25.6 Å². The van der Waals surface area contributed by atoms with Crippen LogP contribution in [-0.2, 0) is 14.8 Å². The first-order chi connectivity index (χ1) is 12.6. The molecule has 1 fully saturated rings. The van der Waals surface area contributed by atoms with Crippen LogP contribution < -0.4 is 15.4 Å². The molecular weight excluding hydrogens is 398 g/mol. The van der Waals surface area contributed by atoms with Gasteiger partial charge in [-0.3, -0.25) is 4.79 Å². The van der Waals surface area contributed by atoms with E-state index in [9.17, 15) is 13.2 Å². The fraction of sp³-hybridized carbons (Fsp3) is 0.650. The van der Waals surface area contributed by atoms with Gasteiger partial charge in [-0.05, 0) is 81.3 Å². The second-order valence-corrected chi connectivity index (χ2v) is 9.45. The minimum atomic E-state index is -3.67. The summed E-state index contributed by atoms with van der Waals surface area (Å²) in [6.45, 7) is 13.5. The van der Waals surface area contributed by atoms with Gasteiger partial charge < -0.3 is 10.6 Å². The summed E-state index contributed by atoms with van der Waals surface area (Å²) in [5.41, 5.74) is 4.66. The molecule has 2 atom stereocenters. The average molecular weight is 432 g/mol. The second kappa shape index (κ2) is 10.1. The number of benzene rings is 1. The van der Waals surface area contributed by atoms with Crippen LogP contribution in [0.4, 0.5) is 0 Å². The van der Waals surface area contributed by atoms with Gasteiger partial charge in [-0.25, -0.2) is 13.1 Å². The summed E-state index contributed by atoms with van der Waals surface area (Å²) in [6.07, 6.45) is 1.16. The van der Waals surface area contributed by atoms with Crippen molar-refractivity contribution in [3.63, 3.8) is 0 Å². The number of rotatable bonds is 6. The topological polar surface area (TPSA) is 87.3 Å². The Bertz CT molecular complexity index is 795. The van der Waals surface area contributed by atoms with Crippen molar-refractivity contribution in [3.05, 3.63) is 27.8 Å². The molecule has 28 heavy (non-hydrogen) atoms. The van der Waals surface area contributed by atoms with Gasteiger partial charge in [0.25, 0.3) is 0 Å². The summed E-state index contributed by atoms with van der Waals surface area (Å²) in [4.78, 5) is 12.5. The summed E-state index contributed by atoms with van der Waals surface area (Å²) < 4.78 is 28.3. The van der Waals surface area contributed by atoms with E-state index in [1.807, 2.05) is 34.6 Å². The van der Waals surface area contributed by atoms with Crippen molar-refractivity contribution in [3.8, 4) is 0 Å². The highest BCUT2D eigenvalue weighted by Gasteiger charge is 2.25. The normalized spacial score (nSPS) is 19.8. The molecule has 2 unspecified atom stereocenters. The molecule has 0 spiro atoms. The average Bonchev–Trinajstić information content (AvgIpc) is 2.60. The van der Waals surface area contributed by atoms with E-state index in [0.29, 0.717) is 10.8 Å². The largest absolute Gasteiger partial charge is 0.352 e. The molecule has 0 aromatic heterocycles. The Labute approximate surface area is 175 Å². The van der Waals surface area contributed by atoms with Crippen LogP contribution in [-0.4, -0.2) is 40.0 Å². The van der Waals surface area contributed by atoms with Gasteiger partial charge in [-0.15, -0.1) is 12.4 Å². The first-order valence-electron chi connectivity index (χ1n) is 9.63. The Morgan fingerprint density at radius 1 is 1.04 bits per heavy atom. The predicted octanol–water partition coefficient (Wildman–Crippen LogP) is 2.43. The van der Waals surface area contributed by atoms with Crippen molar-refractivity contribution < 1.29 is 13.2 Å². The molecule has 6 nitrogen and oxygen atoms in total. The lowest BCUT2D eigenvalue weighted by molar-refractivity contribution is -0.122. The van der Waals surface area contributed by atoms with Gasteiger partial charge in [0.2, 0.25) is 15.9 Å². The Morgan fingerprint density at radius 3 is 2.11 bits per heavy atom. The monoisotopic (exact) mass is 431 g/mol. The van der Waals surface area contributed by atoms with Gasteiger partial charge in [0.05, 0.1) is 4.90 Å². The number of hydrogen-bond acceptors (Lipinski definition) is 4. The molecule has 0 saturated carbocycles. The second-order valence-electron chi connectivity index (χ2n) is 7.75. The maximum Gasteiger partial charge on any atom is 0.241 e. The number of hydrogen-bond donors (Lipinski definition) is 3. The molecule has 8 heteroatoms. The Balaban J connectivity index is 0.00000392. The lowest BCUT2D eigenvalue weighted by Crippen LogP contribution is -2.50. The number of piperidine rings is 1. The van der Waals surface area contributed by atoms with Crippen LogP contribution in [0.15, 0.2) is 4.90 Å². The van der Waals surface area contributed by atoms with Crippen molar-refractivity contribution in [1.82, 2.24) is 15.4 Å². The molecule has 2 rings (SSSR count). The molecule has 0 bridgehead atoms. The first-order valence-corrected chi connectivity index (χ1v) is 11.1. The minimum Gasteiger partial charge on any atom is -0.352 e. The highest BCUT2D eigenvalue weighted by atomic mass is 35.5. The molecule has 1 heterocycles. The van der Waals surface area contributed by atoms with E-state index in [2.05, 4.69) is 22.3 Å². The Morgan fingerprint density at radius 2 is 1.57 bits per heavy atom. The Hall–Kier alpha value is -1.15. The highest BCUT2D eigenvalue weighted by Crippen LogP contribution is 2.29. The van der Waals surface area contributed by atoms with Crippen molar-refractivity contribution in [2.24, 2.45) is 5.92 Å². The standard InChI is InChI=1S/C20H33N3O3S.ClH/c1-12-7-9-21-11-18(12)23-19(24)8-10-22-27(25,26)20-16(5)14(3)13(2)15(4)17(20)6;/h12,18,21-22H,7-11H2,1-6H3,(H,23,24);1H. The van der Waals surface area contributed by atoms with Crippen molar-refractivity contribution in [1.29, 1.82) is 0 Å². The number of carbonyl (C=O) groups excluding carboxylic acids is 1. The van der Waals surface area contributed by atoms with E-state index in [1.165, 1.54) is 0 Å². The van der Waals surface area contributed by atoms with Crippen molar-refractivity contribution >= 4 is 28.3 Å². The quantitative estimate of drug-likeness (QED) is 0.645. The lowest BCUT2D eigenvalue weighted by atomic mass is 9.95. The van der Waals surface area contributed by atoms with E-state index in [1.54, 1.807) is 0 Å². The van der Waals surface area contributed by atoms with Gasteiger partial charge in [-0.2, -0.15) is 0 Å². The van der Waals surface area contributed by atoms with Crippen LogP contribution in [0.25, 0.3) is 0 Å². The first kappa shape index (κ1) is 24.9. The summed E-state index contributed by atoms with van der Waals surface area (Å²) in [5, 5.41) is 6.28. The maximum absolute atomic E-state index is 12.9. The van der Waals surface area contributed by atoms with Crippen LogP contribution >= 0.6 is 12.4 Å². The number of halogens is 1. The van der Waals surface area contributed by atoms with E-state index >= 15 is 0 Å². The fourth-order valence-electron chi connectivity index (χ4n) is 3.70. The molecule has 1 aromatic rings. The van der Waals surface area contributed by atoms with E-state index in [-0.39, 0.29) is 37.3 Å². The van der Waals surface area contributed by atoms with E-state index in [4.69, 9.17) is 0 Å². The molecule has 1 aromatic carbocycles.